The second kappa shape index (κ2) is 7.16. The number of hydrogen-bond donors (Lipinski definition) is 0. The van der Waals surface area contributed by atoms with E-state index in [0.29, 0.717) is 22.8 Å². The average molecular weight is 315 g/mol. The molecule has 0 aliphatic heterocycles. The molecule has 3 rings (SSSR count). The number of hydrogen-bond acceptors (Lipinski definition) is 5. The van der Waals surface area contributed by atoms with Crippen LogP contribution < -0.4 is 4.74 Å². The van der Waals surface area contributed by atoms with Gasteiger partial charge in [0.1, 0.15) is 11.5 Å². The monoisotopic (exact) mass is 315 g/mol. The molecule has 116 valence electrons. The molecule has 5 nitrogen and oxygen atoms in total. The van der Waals surface area contributed by atoms with Gasteiger partial charge in [0, 0.05) is 18.0 Å². The number of ether oxygens (including phenoxy) is 1. The molecule has 0 fully saturated rings. The van der Waals surface area contributed by atoms with E-state index in [1.807, 2.05) is 6.07 Å². The lowest BCUT2D eigenvalue weighted by molar-refractivity contribution is 0.0977. The molecular formula is C19H13N3O2. The van der Waals surface area contributed by atoms with Gasteiger partial charge in [-0.05, 0) is 48.5 Å². The highest BCUT2D eigenvalue weighted by Gasteiger charge is 2.22. The number of nitrogens with zero attached hydrogens (tertiary/aromatic N) is 3. The van der Waals surface area contributed by atoms with E-state index in [2.05, 4.69) is 9.97 Å². The van der Waals surface area contributed by atoms with Crippen molar-refractivity contribution < 1.29 is 9.53 Å². The van der Waals surface area contributed by atoms with Crippen molar-refractivity contribution in [3.8, 4) is 17.6 Å². The van der Waals surface area contributed by atoms with E-state index >= 15 is 0 Å². The molecule has 0 amide bonds. The van der Waals surface area contributed by atoms with Gasteiger partial charge in [-0.1, -0.05) is 6.07 Å². The molecule has 2 heterocycles. The Morgan fingerprint density at radius 2 is 1.83 bits per heavy atom. The average Bonchev–Trinajstić information content (AvgIpc) is 2.65. The molecule has 0 N–H and O–H groups in total. The molecule has 24 heavy (non-hydrogen) atoms. The van der Waals surface area contributed by atoms with Crippen molar-refractivity contribution in [2.75, 3.05) is 0 Å². The number of benzene rings is 1. The lowest BCUT2D eigenvalue weighted by atomic mass is 9.95. The summed E-state index contributed by atoms with van der Waals surface area (Å²) in [4.78, 5) is 20.6. The molecule has 0 bridgehead atoms. The third kappa shape index (κ3) is 3.45. The predicted molar refractivity (Wildman–Crippen MR) is 87.7 cm³/mol. The van der Waals surface area contributed by atoms with E-state index in [4.69, 9.17) is 4.74 Å². The van der Waals surface area contributed by atoms with Gasteiger partial charge in [0.25, 0.3) is 0 Å². The second-order valence-electron chi connectivity index (χ2n) is 5.00. The van der Waals surface area contributed by atoms with Crippen LogP contribution in [0.4, 0.5) is 0 Å². The van der Waals surface area contributed by atoms with Gasteiger partial charge < -0.3 is 4.74 Å². The van der Waals surface area contributed by atoms with Gasteiger partial charge in [0.05, 0.1) is 18.0 Å². The highest BCUT2D eigenvalue weighted by Crippen LogP contribution is 2.23. The van der Waals surface area contributed by atoms with Crippen LogP contribution in [0, 0.1) is 11.3 Å². The van der Waals surface area contributed by atoms with Crippen LogP contribution in [0.15, 0.2) is 73.2 Å². The first kappa shape index (κ1) is 15.4. The van der Waals surface area contributed by atoms with Crippen LogP contribution in [-0.2, 0) is 0 Å². The Morgan fingerprint density at radius 1 is 1.00 bits per heavy atom. The lowest BCUT2D eigenvalue weighted by Gasteiger charge is -2.09. The first-order valence-corrected chi connectivity index (χ1v) is 7.30. The highest BCUT2D eigenvalue weighted by molar-refractivity contribution is 6.02. The third-order valence-electron chi connectivity index (χ3n) is 3.38. The topological polar surface area (TPSA) is 75.9 Å². The van der Waals surface area contributed by atoms with Gasteiger partial charge in [-0.25, -0.2) is 0 Å². The molecule has 1 atom stereocenters. The van der Waals surface area contributed by atoms with Crippen LogP contribution in [0.1, 0.15) is 22.0 Å². The maximum absolute atomic E-state index is 12.5. The molecule has 0 aliphatic rings. The maximum atomic E-state index is 12.5. The van der Waals surface area contributed by atoms with Crippen molar-refractivity contribution in [3.05, 3.63) is 84.4 Å². The zero-order chi connectivity index (χ0) is 16.8. The third-order valence-corrected chi connectivity index (χ3v) is 3.38. The molecule has 0 radical (unpaired) electrons. The summed E-state index contributed by atoms with van der Waals surface area (Å²) in [6.07, 6.45) is 4.83. The smallest absolute Gasteiger partial charge is 0.186 e. The molecule has 0 saturated carbocycles. The summed E-state index contributed by atoms with van der Waals surface area (Å²) >= 11 is 0. The maximum Gasteiger partial charge on any atom is 0.186 e. The van der Waals surface area contributed by atoms with Crippen LogP contribution in [-0.4, -0.2) is 15.8 Å². The molecule has 2 aromatic heterocycles. The normalized spacial score (nSPS) is 11.3. The summed E-state index contributed by atoms with van der Waals surface area (Å²) in [6, 6.07) is 17.4. The lowest BCUT2D eigenvalue weighted by Crippen LogP contribution is -2.12. The SMILES string of the molecule is N#C[C@H](C(=O)c1ccc(Oc2cccnc2)cc1)c1ccccn1. The van der Waals surface area contributed by atoms with E-state index in [1.54, 1.807) is 73.2 Å². The largest absolute Gasteiger partial charge is 0.456 e. The van der Waals surface area contributed by atoms with Crippen LogP contribution in [0.25, 0.3) is 0 Å². The number of aromatic nitrogens is 2. The zero-order valence-corrected chi connectivity index (χ0v) is 12.7. The van der Waals surface area contributed by atoms with Crippen molar-refractivity contribution in [1.29, 1.82) is 5.26 Å². The van der Waals surface area contributed by atoms with E-state index in [-0.39, 0.29) is 5.78 Å². The Labute approximate surface area is 139 Å². The van der Waals surface area contributed by atoms with Gasteiger partial charge in [0.15, 0.2) is 11.7 Å². The Balaban J connectivity index is 1.77. The van der Waals surface area contributed by atoms with E-state index < -0.39 is 5.92 Å². The molecule has 0 saturated heterocycles. The predicted octanol–water partition coefficient (Wildman–Crippen LogP) is 3.76. The number of Topliss-reactive ketones (excluding diaryl/α,β-unsaturated/α-hetero) is 1. The minimum atomic E-state index is -0.920. The summed E-state index contributed by atoms with van der Waals surface area (Å²) in [5, 5.41) is 9.32. The van der Waals surface area contributed by atoms with Gasteiger partial charge in [0.2, 0.25) is 0 Å². The van der Waals surface area contributed by atoms with E-state index in [1.165, 1.54) is 0 Å². The molecule has 0 spiro atoms. The molecular weight excluding hydrogens is 302 g/mol. The fourth-order valence-electron chi connectivity index (χ4n) is 2.20. The molecule has 0 aliphatic carbocycles. The fraction of sp³-hybridized carbons (Fsp3) is 0.0526. The van der Waals surface area contributed by atoms with Crippen LogP contribution in [0.3, 0.4) is 0 Å². The number of carbonyl (C=O) groups is 1. The van der Waals surface area contributed by atoms with E-state index in [0.717, 1.165) is 0 Å². The second-order valence-corrected chi connectivity index (χ2v) is 5.00. The molecule has 3 aromatic rings. The van der Waals surface area contributed by atoms with Crippen LogP contribution in [0.2, 0.25) is 0 Å². The Kier molecular flexibility index (Phi) is 4.59. The summed E-state index contributed by atoms with van der Waals surface area (Å²) in [5.41, 5.74) is 0.881. The van der Waals surface area contributed by atoms with Crippen molar-refractivity contribution in [3.63, 3.8) is 0 Å². The Hall–Kier alpha value is -3.52. The van der Waals surface area contributed by atoms with Gasteiger partial charge in [-0.2, -0.15) is 5.26 Å². The summed E-state index contributed by atoms with van der Waals surface area (Å²) in [5.74, 6) is -0.00808. The summed E-state index contributed by atoms with van der Waals surface area (Å²) in [6.45, 7) is 0. The van der Waals surface area contributed by atoms with Crippen molar-refractivity contribution in [2.45, 2.75) is 5.92 Å². The first-order chi connectivity index (χ1) is 11.8. The summed E-state index contributed by atoms with van der Waals surface area (Å²) < 4.78 is 5.63. The standard InChI is InChI=1S/C19H13N3O2/c20-12-17(18-5-1-2-11-22-18)19(23)14-6-8-15(9-7-14)24-16-4-3-10-21-13-16/h1-11,13,17H/t17-/m0/s1. The van der Waals surface area contributed by atoms with Gasteiger partial charge in [-0.15, -0.1) is 0 Å². The summed E-state index contributed by atoms with van der Waals surface area (Å²) in [7, 11) is 0. The quantitative estimate of drug-likeness (QED) is 0.670. The zero-order valence-electron chi connectivity index (χ0n) is 12.7. The fourth-order valence-corrected chi connectivity index (χ4v) is 2.20. The van der Waals surface area contributed by atoms with Crippen molar-refractivity contribution in [2.24, 2.45) is 0 Å². The Bertz CT molecular complexity index is 857. The van der Waals surface area contributed by atoms with Gasteiger partial charge >= 0.3 is 0 Å². The van der Waals surface area contributed by atoms with Gasteiger partial charge in [-0.3, -0.25) is 14.8 Å². The highest BCUT2D eigenvalue weighted by atomic mass is 16.5. The number of nitriles is 1. The number of carbonyl (C=O) groups excluding carboxylic acids is 1. The molecule has 1 aromatic carbocycles. The van der Waals surface area contributed by atoms with Crippen molar-refractivity contribution >= 4 is 5.78 Å². The number of ketones is 1. The van der Waals surface area contributed by atoms with Crippen molar-refractivity contribution in [1.82, 2.24) is 9.97 Å². The minimum Gasteiger partial charge on any atom is -0.456 e. The molecule has 5 heteroatoms. The van der Waals surface area contributed by atoms with Crippen LogP contribution >= 0.6 is 0 Å². The molecule has 0 unspecified atom stereocenters. The van der Waals surface area contributed by atoms with Crippen LogP contribution in [0.5, 0.6) is 11.5 Å². The number of pyridine rings is 2. The van der Waals surface area contributed by atoms with E-state index in [9.17, 15) is 10.1 Å². The Morgan fingerprint density at radius 3 is 2.46 bits per heavy atom. The number of rotatable bonds is 5. The first-order valence-electron chi connectivity index (χ1n) is 7.30. The minimum absolute atomic E-state index is 0.288.